The number of nitrogens with one attached hydrogen (secondary N) is 1. The zero-order chi connectivity index (χ0) is 11.3. The van der Waals surface area contributed by atoms with Gasteiger partial charge < -0.3 is 20.1 Å². The number of hydrogen-bond donors (Lipinski definition) is 1. The standard InChI is InChI=1S/C12H25N3O/c16-15(11-3-4-12-15)10-2-1-7-14-8-5-13-6-9-14/h13H,1-12H2. The predicted octanol–water partition coefficient (Wildman–Crippen LogP) is 0.780. The number of likely N-dealkylation sites (tertiary alicyclic amines) is 1. The Morgan fingerprint density at radius 2 is 1.75 bits per heavy atom. The molecule has 0 unspecified atom stereocenters. The number of piperazine rings is 1. The van der Waals surface area contributed by atoms with Crippen molar-refractivity contribution in [1.82, 2.24) is 10.2 Å². The fourth-order valence-corrected chi connectivity index (χ4v) is 2.81. The Balaban J connectivity index is 1.54. The van der Waals surface area contributed by atoms with Gasteiger partial charge in [-0.2, -0.15) is 0 Å². The van der Waals surface area contributed by atoms with Gasteiger partial charge in [0.1, 0.15) is 0 Å². The summed E-state index contributed by atoms with van der Waals surface area (Å²) in [5.74, 6) is 0. The molecule has 0 aliphatic carbocycles. The summed E-state index contributed by atoms with van der Waals surface area (Å²) in [6, 6.07) is 0. The minimum absolute atomic E-state index is 0.0988. The number of hydroxylamine groups is 3. The van der Waals surface area contributed by atoms with Crippen LogP contribution in [0.25, 0.3) is 0 Å². The van der Waals surface area contributed by atoms with Gasteiger partial charge in [0.2, 0.25) is 0 Å². The third-order valence-corrected chi connectivity index (χ3v) is 3.88. The second-order valence-corrected chi connectivity index (χ2v) is 5.23. The number of quaternary nitrogens is 1. The highest BCUT2D eigenvalue weighted by molar-refractivity contribution is 4.67. The molecular formula is C12H25N3O. The van der Waals surface area contributed by atoms with E-state index in [2.05, 4.69) is 10.2 Å². The number of nitrogens with zero attached hydrogens (tertiary/aromatic N) is 2. The van der Waals surface area contributed by atoms with Crippen molar-refractivity contribution in [2.24, 2.45) is 0 Å². The van der Waals surface area contributed by atoms with Crippen LogP contribution in [0.5, 0.6) is 0 Å². The summed E-state index contributed by atoms with van der Waals surface area (Å²) in [4.78, 5) is 2.51. The third kappa shape index (κ3) is 3.70. The number of rotatable bonds is 5. The molecule has 0 atom stereocenters. The smallest absolute Gasteiger partial charge is 0.0786 e. The van der Waals surface area contributed by atoms with Crippen LogP contribution in [0.3, 0.4) is 0 Å². The molecule has 0 spiro atoms. The van der Waals surface area contributed by atoms with Crippen LogP contribution in [-0.4, -0.2) is 61.9 Å². The number of unbranched alkanes of at least 4 members (excludes halogenated alkanes) is 1. The molecule has 2 aliphatic rings. The maximum absolute atomic E-state index is 12.1. The molecule has 94 valence electrons. The SMILES string of the molecule is [O-][N+]1(CCCCN2CCNCC2)CCCC1. The second-order valence-electron chi connectivity index (χ2n) is 5.23. The zero-order valence-electron chi connectivity index (χ0n) is 10.3. The van der Waals surface area contributed by atoms with Gasteiger partial charge in [-0.25, -0.2) is 0 Å². The lowest BCUT2D eigenvalue weighted by atomic mass is 10.2. The lowest BCUT2D eigenvalue weighted by Crippen LogP contribution is -2.44. The summed E-state index contributed by atoms with van der Waals surface area (Å²) in [5, 5.41) is 15.4. The summed E-state index contributed by atoms with van der Waals surface area (Å²) in [6.07, 6.45) is 4.58. The van der Waals surface area contributed by atoms with Crippen molar-refractivity contribution in [3.63, 3.8) is 0 Å². The highest BCUT2D eigenvalue weighted by Gasteiger charge is 2.21. The van der Waals surface area contributed by atoms with Crippen LogP contribution in [0, 0.1) is 5.21 Å². The summed E-state index contributed by atoms with van der Waals surface area (Å²) in [6.45, 7) is 8.38. The summed E-state index contributed by atoms with van der Waals surface area (Å²) < 4.78 is 0.0988. The van der Waals surface area contributed by atoms with Crippen molar-refractivity contribution in [2.75, 3.05) is 52.4 Å². The molecule has 1 N–H and O–H groups in total. The van der Waals surface area contributed by atoms with Crippen molar-refractivity contribution in [1.29, 1.82) is 0 Å². The van der Waals surface area contributed by atoms with E-state index in [1.54, 1.807) is 0 Å². The molecule has 0 saturated carbocycles. The van der Waals surface area contributed by atoms with Crippen molar-refractivity contribution < 1.29 is 4.65 Å². The Kier molecular flexibility index (Phi) is 4.58. The first-order valence-electron chi connectivity index (χ1n) is 6.79. The minimum Gasteiger partial charge on any atom is -0.633 e. The van der Waals surface area contributed by atoms with Gasteiger partial charge in [0, 0.05) is 39.0 Å². The van der Waals surface area contributed by atoms with Crippen LogP contribution in [-0.2, 0) is 0 Å². The summed E-state index contributed by atoms with van der Waals surface area (Å²) >= 11 is 0. The molecule has 2 rings (SSSR count). The van der Waals surface area contributed by atoms with E-state index >= 15 is 0 Å². The molecular weight excluding hydrogens is 202 g/mol. The normalized spacial score (nSPS) is 26.1. The van der Waals surface area contributed by atoms with E-state index in [-0.39, 0.29) is 4.65 Å². The van der Waals surface area contributed by atoms with Gasteiger partial charge in [-0.3, -0.25) is 0 Å². The molecule has 0 amide bonds. The fraction of sp³-hybridized carbons (Fsp3) is 1.00. The number of hydrogen-bond acceptors (Lipinski definition) is 3. The summed E-state index contributed by atoms with van der Waals surface area (Å²) in [7, 11) is 0. The first kappa shape index (κ1) is 12.3. The van der Waals surface area contributed by atoms with Gasteiger partial charge in [-0.1, -0.05) is 0 Å². The van der Waals surface area contributed by atoms with Crippen LogP contribution in [0.2, 0.25) is 0 Å². The van der Waals surface area contributed by atoms with Crippen LogP contribution in [0.4, 0.5) is 0 Å². The zero-order valence-corrected chi connectivity index (χ0v) is 10.3. The molecule has 0 aromatic carbocycles. The molecule has 0 radical (unpaired) electrons. The molecule has 0 bridgehead atoms. The van der Waals surface area contributed by atoms with E-state index in [4.69, 9.17) is 0 Å². The molecule has 2 heterocycles. The molecule has 0 aromatic heterocycles. The lowest BCUT2D eigenvalue weighted by Gasteiger charge is -2.38. The first-order chi connectivity index (χ1) is 7.79. The van der Waals surface area contributed by atoms with E-state index < -0.39 is 0 Å². The van der Waals surface area contributed by atoms with Crippen LogP contribution >= 0.6 is 0 Å². The minimum atomic E-state index is 0.0988. The van der Waals surface area contributed by atoms with Crippen molar-refractivity contribution in [3.8, 4) is 0 Å². The second kappa shape index (κ2) is 5.96. The van der Waals surface area contributed by atoms with Crippen molar-refractivity contribution in [2.45, 2.75) is 25.7 Å². The highest BCUT2D eigenvalue weighted by Crippen LogP contribution is 2.18. The van der Waals surface area contributed by atoms with Crippen LogP contribution < -0.4 is 5.32 Å². The van der Waals surface area contributed by atoms with Gasteiger partial charge in [0.25, 0.3) is 0 Å². The molecule has 2 saturated heterocycles. The maximum Gasteiger partial charge on any atom is 0.0786 e. The molecule has 4 nitrogen and oxygen atoms in total. The topological polar surface area (TPSA) is 38.3 Å². The van der Waals surface area contributed by atoms with Gasteiger partial charge in [-0.15, -0.1) is 0 Å². The van der Waals surface area contributed by atoms with Crippen LogP contribution in [0.15, 0.2) is 0 Å². The van der Waals surface area contributed by atoms with E-state index in [1.165, 1.54) is 26.1 Å². The van der Waals surface area contributed by atoms with Gasteiger partial charge >= 0.3 is 0 Å². The fourth-order valence-electron chi connectivity index (χ4n) is 2.81. The third-order valence-electron chi connectivity index (χ3n) is 3.88. The Morgan fingerprint density at radius 3 is 2.44 bits per heavy atom. The van der Waals surface area contributed by atoms with Gasteiger partial charge in [0.05, 0.1) is 19.6 Å². The van der Waals surface area contributed by atoms with E-state index in [0.717, 1.165) is 52.0 Å². The predicted molar refractivity (Wildman–Crippen MR) is 66.0 cm³/mol. The molecule has 16 heavy (non-hydrogen) atoms. The quantitative estimate of drug-likeness (QED) is 0.428. The lowest BCUT2D eigenvalue weighted by molar-refractivity contribution is -0.868. The van der Waals surface area contributed by atoms with Gasteiger partial charge in [0.15, 0.2) is 0 Å². The molecule has 0 aromatic rings. The maximum atomic E-state index is 12.1. The Hall–Kier alpha value is -0.160. The van der Waals surface area contributed by atoms with E-state index in [0.29, 0.717) is 0 Å². The first-order valence-corrected chi connectivity index (χ1v) is 6.79. The molecule has 4 heteroatoms. The van der Waals surface area contributed by atoms with E-state index in [1.807, 2.05) is 0 Å². The Morgan fingerprint density at radius 1 is 1.06 bits per heavy atom. The summed E-state index contributed by atoms with van der Waals surface area (Å²) in [5.41, 5.74) is 0. The Labute approximate surface area is 98.8 Å². The van der Waals surface area contributed by atoms with Crippen molar-refractivity contribution in [3.05, 3.63) is 5.21 Å². The van der Waals surface area contributed by atoms with Crippen LogP contribution in [0.1, 0.15) is 25.7 Å². The average Bonchev–Trinajstić information content (AvgIpc) is 2.74. The highest BCUT2D eigenvalue weighted by atomic mass is 16.5. The van der Waals surface area contributed by atoms with Crippen molar-refractivity contribution >= 4 is 0 Å². The average molecular weight is 227 g/mol. The Bertz CT molecular complexity index is 198. The molecule has 2 aliphatic heterocycles. The molecule has 2 fully saturated rings. The largest absolute Gasteiger partial charge is 0.633 e. The van der Waals surface area contributed by atoms with Gasteiger partial charge in [-0.05, 0) is 19.4 Å². The van der Waals surface area contributed by atoms with E-state index in [9.17, 15) is 5.21 Å². The monoisotopic (exact) mass is 227 g/mol.